The average molecular weight is 479 g/mol. The fourth-order valence-electron chi connectivity index (χ4n) is 5.00. The summed E-state index contributed by atoms with van der Waals surface area (Å²) in [5.74, 6) is -2.37. The van der Waals surface area contributed by atoms with Crippen LogP contribution in [0.15, 0.2) is 42.5 Å². The summed E-state index contributed by atoms with van der Waals surface area (Å²) in [4.78, 5) is 3.90. The molecule has 0 radical (unpaired) electrons. The van der Waals surface area contributed by atoms with E-state index in [4.69, 9.17) is 4.74 Å². The van der Waals surface area contributed by atoms with Crippen molar-refractivity contribution >= 4 is 0 Å². The number of hydrogen-bond acceptors (Lipinski definition) is 5. The van der Waals surface area contributed by atoms with E-state index in [1.54, 1.807) is 4.90 Å². The van der Waals surface area contributed by atoms with E-state index in [0.29, 0.717) is 18.8 Å². The molecule has 0 aliphatic carbocycles. The smallest absolute Gasteiger partial charge is 0.283 e. The number of aliphatic hydroxyl groups excluding tert-OH is 2. The summed E-state index contributed by atoms with van der Waals surface area (Å²) in [6.07, 6.45) is 0.585. The molecule has 2 heterocycles. The van der Waals surface area contributed by atoms with Gasteiger partial charge >= 0.3 is 0 Å². The van der Waals surface area contributed by atoms with E-state index in [-0.39, 0.29) is 25.2 Å². The molecule has 1 fully saturated rings. The van der Waals surface area contributed by atoms with Gasteiger partial charge in [-0.05, 0) is 47.7 Å². The summed E-state index contributed by atoms with van der Waals surface area (Å²) in [5, 5.41) is 18.7. The van der Waals surface area contributed by atoms with E-state index in [0.717, 1.165) is 41.9 Å². The predicted octanol–water partition coefficient (Wildman–Crippen LogP) is 3.42. The maximum Gasteiger partial charge on any atom is 0.283 e. The maximum atomic E-state index is 14.3. The lowest BCUT2D eigenvalue weighted by molar-refractivity contribution is -0.0862. The third kappa shape index (κ3) is 5.57. The Morgan fingerprint density at radius 3 is 2.47 bits per heavy atom. The molecular weight excluding hydrogens is 445 g/mol. The normalized spacial score (nSPS) is 21.8. The Balaban J connectivity index is 1.52. The molecule has 2 aliphatic rings. The van der Waals surface area contributed by atoms with Crippen LogP contribution in [-0.2, 0) is 13.0 Å². The van der Waals surface area contributed by atoms with Crippen LogP contribution in [0.1, 0.15) is 35.2 Å². The van der Waals surface area contributed by atoms with Crippen LogP contribution >= 0.6 is 0 Å². The van der Waals surface area contributed by atoms with Crippen molar-refractivity contribution < 1.29 is 28.1 Å². The first-order chi connectivity index (χ1) is 16.3. The third-order valence-electron chi connectivity index (χ3n) is 6.87. The minimum absolute atomic E-state index is 0.0729. The second kappa shape index (κ2) is 10.6. The number of fused-ring (bicyclic) bond motifs is 1. The fraction of sp³-hybridized carbons (Fsp3) is 0.538. The molecule has 0 saturated carbocycles. The molecule has 34 heavy (non-hydrogen) atoms. The second-order valence-corrected chi connectivity index (χ2v) is 9.53. The zero-order valence-electron chi connectivity index (χ0n) is 19.5. The van der Waals surface area contributed by atoms with Crippen molar-refractivity contribution in [2.24, 2.45) is 5.92 Å². The van der Waals surface area contributed by atoms with Crippen molar-refractivity contribution in [3.8, 4) is 5.75 Å². The highest BCUT2D eigenvalue weighted by molar-refractivity contribution is 5.43. The number of rotatable bonds is 10. The highest BCUT2D eigenvalue weighted by atomic mass is 19.3. The maximum absolute atomic E-state index is 14.3. The van der Waals surface area contributed by atoms with Gasteiger partial charge in [0, 0.05) is 31.6 Å². The first kappa shape index (κ1) is 25.0. The highest BCUT2D eigenvalue weighted by Gasteiger charge is 2.40. The first-order valence-corrected chi connectivity index (χ1v) is 11.8. The Hall–Kier alpha value is -2.13. The number of halogens is 3. The molecule has 2 aromatic rings. The van der Waals surface area contributed by atoms with Crippen LogP contribution in [0, 0.1) is 5.92 Å². The molecule has 2 aliphatic heterocycles. The standard InChI is InChI=1S/C26H33F3N2O3/c1-18-10-22-11-19(15-32)2-7-24(22)25(31(18)16-26(28,29)17-33)21-3-5-23(6-4-21)34-9-8-30-13-20(12-27)14-30/h2-7,11,18,20,25,32-33H,8-10,12-17H2,1H3/t18-,25?/m0/s1. The summed E-state index contributed by atoms with van der Waals surface area (Å²) in [6, 6.07) is 12.6. The molecule has 8 heteroatoms. The molecule has 2 N–H and O–H groups in total. The number of benzene rings is 2. The van der Waals surface area contributed by atoms with Gasteiger partial charge in [-0.3, -0.25) is 14.2 Å². The lowest BCUT2D eigenvalue weighted by atomic mass is 9.84. The topological polar surface area (TPSA) is 56.2 Å². The Kier molecular flexibility index (Phi) is 7.82. The SMILES string of the molecule is C[C@H]1Cc2cc(CO)ccc2C(c2ccc(OCCN3CC(CF)C3)cc2)N1CC(F)(F)CO. The van der Waals surface area contributed by atoms with Gasteiger partial charge in [0.1, 0.15) is 19.0 Å². The molecule has 186 valence electrons. The van der Waals surface area contributed by atoms with E-state index < -0.39 is 25.1 Å². The van der Waals surface area contributed by atoms with Gasteiger partial charge in [0.2, 0.25) is 0 Å². The highest BCUT2D eigenvalue weighted by Crippen LogP contribution is 2.40. The van der Waals surface area contributed by atoms with Crippen molar-refractivity contribution in [3.63, 3.8) is 0 Å². The van der Waals surface area contributed by atoms with Gasteiger partial charge < -0.3 is 14.9 Å². The van der Waals surface area contributed by atoms with E-state index >= 15 is 0 Å². The second-order valence-electron chi connectivity index (χ2n) is 9.53. The van der Waals surface area contributed by atoms with Gasteiger partial charge in [-0.2, -0.15) is 0 Å². The van der Waals surface area contributed by atoms with Crippen LogP contribution in [0.3, 0.4) is 0 Å². The van der Waals surface area contributed by atoms with E-state index in [2.05, 4.69) is 4.90 Å². The number of alkyl halides is 3. The van der Waals surface area contributed by atoms with Gasteiger partial charge in [-0.1, -0.05) is 30.3 Å². The lowest BCUT2D eigenvalue weighted by Gasteiger charge is -2.43. The number of likely N-dealkylation sites (tertiary alicyclic amines) is 1. The first-order valence-electron chi connectivity index (χ1n) is 11.8. The van der Waals surface area contributed by atoms with Gasteiger partial charge in [0.05, 0.1) is 25.9 Å². The molecule has 1 unspecified atom stereocenters. The van der Waals surface area contributed by atoms with Gasteiger partial charge in [0.25, 0.3) is 5.92 Å². The number of ether oxygens (including phenoxy) is 1. The molecule has 4 rings (SSSR count). The minimum atomic E-state index is -3.21. The Morgan fingerprint density at radius 2 is 1.82 bits per heavy atom. The molecule has 5 nitrogen and oxygen atoms in total. The van der Waals surface area contributed by atoms with Crippen LogP contribution in [-0.4, -0.2) is 78.0 Å². The monoisotopic (exact) mass is 478 g/mol. The largest absolute Gasteiger partial charge is 0.492 e. The molecule has 1 saturated heterocycles. The zero-order valence-corrected chi connectivity index (χ0v) is 19.5. The Labute approximate surface area is 198 Å². The van der Waals surface area contributed by atoms with Crippen molar-refractivity contribution in [1.29, 1.82) is 0 Å². The number of nitrogens with zero attached hydrogens (tertiary/aromatic N) is 2. The quantitative estimate of drug-likeness (QED) is 0.548. The zero-order chi connectivity index (χ0) is 24.3. The van der Waals surface area contributed by atoms with Crippen LogP contribution < -0.4 is 4.74 Å². The lowest BCUT2D eigenvalue weighted by Crippen LogP contribution is -2.49. The van der Waals surface area contributed by atoms with Crippen LogP contribution in [0.4, 0.5) is 13.2 Å². The molecule has 2 atom stereocenters. The van der Waals surface area contributed by atoms with Gasteiger partial charge in [-0.25, -0.2) is 8.78 Å². The van der Waals surface area contributed by atoms with Crippen molar-refractivity contribution in [1.82, 2.24) is 9.80 Å². The van der Waals surface area contributed by atoms with E-state index in [9.17, 15) is 23.4 Å². The van der Waals surface area contributed by atoms with Crippen molar-refractivity contribution in [2.45, 2.75) is 38.0 Å². The minimum Gasteiger partial charge on any atom is -0.492 e. The van der Waals surface area contributed by atoms with E-state index in [1.807, 2.05) is 49.4 Å². The van der Waals surface area contributed by atoms with Crippen LogP contribution in [0.25, 0.3) is 0 Å². The fourth-order valence-corrected chi connectivity index (χ4v) is 5.00. The molecule has 0 spiro atoms. The summed E-state index contributed by atoms with van der Waals surface area (Å²) >= 11 is 0. The predicted molar refractivity (Wildman–Crippen MR) is 124 cm³/mol. The number of hydrogen-bond donors (Lipinski definition) is 2. The van der Waals surface area contributed by atoms with Gasteiger partial charge in [0.15, 0.2) is 0 Å². The Morgan fingerprint density at radius 1 is 1.09 bits per heavy atom. The summed E-state index contributed by atoms with van der Waals surface area (Å²) in [5.41, 5.74) is 3.62. The molecule has 0 aromatic heterocycles. The summed E-state index contributed by atoms with van der Waals surface area (Å²) in [7, 11) is 0. The molecule has 0 amide bonds. The molecule has 2 aromatic carbocycles. The van der Waals surface area contributed by atoms with Crippen molar-refractivity contribution in [2.75, 3.05) is 46.1 Å². The number of aliphatic hydroxyl groups is 2. The van der Waals surface area contributed by atoms with Crippen LogP contribution in [0.5, 0.6) is 5.75 Å². The van der Waals surface area contributed by atoms with Crippen molar-refractivity contribution in [3.05, 3.63) is 64.7 Å². The van der Waals surface area contributed by atoms with Crippen LogP contribution in [0.2, 0.25) is 0 Å². The Bertz CT molecular complexity index is 951. The summed E-state index contributed by atoms with van der Waals surface area (Å²) in [6.45, 7) is 2.59. The average Bonchev–Trinajstić information content (AvgIpc) is 2.81. The van der Waals surface area contributed by atoms with E-state index in [1.165, 1.54) is 0 Å². The third-order valence-corrected chi connectivity index (χ3v) is 6.87. The summed E-state index contributed by atoms with van der Waals surface area (Å²) < 4.78 is 46.9. The van der Waals surface area contributed by atoms with Gasteiger partial charge in [-0.15, -0.1) is 0 Å². The molecular formula is C26H33F3N2O3. The molecule has 0 bridgehead atoms.